The molecule has 3 aromatic rings. The fourth-order valence-electron chi connectivity index (χ4n) is 3.81. The van der Waals surface area contributed by atoms with Gasteiger partial charge in [-0.1, -0.05) is 23.7 Å². The molecule has 1 saturated heterocycles. The molecule has 1 unspecified atom stereocenters. The second-order valence-electron chi connectivity index (χ2n) is 6.87. The molecule has 26 heavy (non-hydrogen) atoms. The van der Waals surface area contributed by atoms with Crippen LogP contribution >= 0.6 is 24.0 Å². The molecule has 0 amide bonds. The summed E-state index contributed by atoms with van der Waals surface area (Å²) in [4.78, 5) is 2.51. The molecule has 0 N–H and O–H groups in total. The maximum absolute atomic E-state index is 9.03. The summed E-state index contributed by atoms with van der Waals surface area (Å²) >= 11 is 6.09. The Labute approximate surface area is 165 Å². The number of benzene rings is 2. The van der Waals surface area contributed by atoms with E-state index in [1.54, 1.807) is 0 Å². The Kier molecular flexibility index (Phi) is 5.88. The van der Waals surface area contributed by atoms with Crippen molar-refractivity contribution < 1.29 is 0 Å². The van der Waals surface area contributed by atoms with Crippen LogP contribution in [0.2, 0.25) is 5.02 Å². The van der Waals surface area contributed by atoms with Gasteiger partial charge in [-0.05, 0) is 60.8 Å². The van der Waals surface area contributed by atoms with Crippen LogP contribution in [0.4, 0.5) is 0 Å². The number of aromatic nitrogens is 1. The summed E-state index contributed by atoms with van der Waals surface area (Å²) < 4.78 is 2.32. The molecule has 1 aliphatic heterocycles. The predicted octanol–water partition coefficient (Wildman–Crippen LogP) is 5.11. The van der Waals surface area contributed by atoms with Gasteiger partial charge in [0.05, 0.1) is 11.6 Å². The van der Waals surface area contributed by atoms with Crippen LogP contribution in [0.3, 0.4) is 0 Å². The van der Waals surface area contributed by atoms with E-state index >= 15 is 0 Å². The van der Waals surface area contributed by atoms with Crippen LogP contribution in [0.25, 0.3) is 10.9 Å². The maximum Gasteiger partial charge on any atom is 0.0991 e. The molecule has 0 aliphatic carbocycles. The Hall–Kier alpha value is -1.99. The van der Waals surface area contributed by atoms with Crippen LogP contribution in [0, 0.1) is 17.2 Å². The molecule has 1 aromatic heterocycles. The number of rotatable bonds is 4. The Morgan fingerprint density at radius 1 is 1.15 bits per heavy atom. The van der Waals surface area contributed by atoms with Gasteiger partial charge in [-0.3, -0.25) is 4.90 Å². The van der Waals surface area contributed by atoms with E-state index in [0.29, 0.717) is 5.92 Å². The summed E-state index contributed by atoms with van der Waals surface area (Å²) in [6.07, 6.45) is 3.36. The first-order chi connectivity index (χ1) is 12.2. The topological polar surface area (TPSA) is 32.0 Å². The van der Waals surface area contributed by atoms with Crippen molar-refractivity contribution in [2.45, 2.75) is 19.5 Å². The van der Waals surface area contributed by atoms with E-state index < -0.39 is 0 Å². The highest BCUT2D eigenvalue weighted by molar-refractivity contribution is 6.30. The predicted molar refractivity (Wildman–Crippen MR) is 109 cm³/mol. The lowest BCUT2D eigenvalue weighted by Gasteiger charge is -2.17. The molecular weight excluding hydrogens is 365 g/mol. The van der Waals surface area contributed by atoms with Gasteiger partial charge in [-0.15, -0.1) is 12.4 Å². The number of nitriles is 1. The average molecular weight is 386 g/mol. The zero-order valence-electron chi connectivity index (χ0n) is 14.4. The number of nitrogens with zero attached hydrogens (tertiary/aromatic N) is 3. The number of halogens is 2. The minimum Gasteiger partial charge on any atom is -0.347 e. The van der Waals surface area contributed by atoms with Gasteiger partial charge in [0.25, 0.3) is 0 Å². The van der Waals surface area contributed by atoms with Crippen molar-refractivity contribution in [3.8, 4) is 6.07 Å². The van der Waals surface area contributed by atoms with Crippen molar-refractivity contribution in [1.82, 2.24) is 9.47 Å². The molecule has 134 valence electrons. The molecule has 1 atom stereocenters. The first-order valence-electron chi connectivity index (χ1n) is 8.67. The Morgan fingerprint density at radius 3 is 2.85 bits per heavy atom. The quantitative estimate of drug-likeness (QED) is 0.624. The number of hydrogen-bond donors (Lipinski definition) is 0. The van der Waals surface area contributed by atoms with Crippen molar-refractivity contribution in [2.75, 3.05) is 13.1 Å². The molecule has 4 rings (SSSR count). The molecule has 0 bridgehead atoms. The first-order valence-corrected chi connectivity index (χ1v) is 9.05. The van der Waals surface area contributed by atoms with Crippen molar-refractivity contribution >= 4 is 34.9 Å². The van der Waals surface area contributed by atoms with E-state index in [-0.39, 0.29) is 12.4 Å². The molecule has 0 radical (unpaired) electrons. The smallest absolute Gasteiger partial charge is 0.0991 e. The van der Waals surface area contributed by atoms with Gasteiger partial charge < -0.3 is 4.57 Å². The van der Waals surface area contributed by atoms with E-state index in [1.807, 2.05) is 24.3 Å². The highest BCUT2D eigenvalue weighted by atomic mass is 35.5. The lowest BCUT2D eigenvalue weighted by Crippen LogP contribution is -2.21. The summed E-state index contributed by atoms with van der Waals surface area (Å²) in [6, 6.07) is 18.4. The molecule has 0 saturated carbocycles. The maximum atomic E-state index is 9.03. The van der Waals surface area contributed by atoms with E-state index in [9.17, 15) is 0 Å². The third-order valence-electron chi connectivity index (χ3n) is 5.02. The van der Waals surface area contributed by atoms with E-state index in [0.717, 1.165) is 42.2 Å². The van der Waals surface area contributed by atoms with Crippen LogP contribution in [-0.4, -0.2) is 22.6 Å². The second kappa shape index (κ2) is 8.14. The molecular formula is C21H21Cl2N3. The summed E-state index contributed by atoms with van der Waals surface area (Å²) in [7, 11) is 0. The van der Waals surface area contributed by atoms with Gasteiger partial charge in [0, 0.05) is 41.8 Å². The summed E-state index contributed by atoms with van der Waals surface area (Å²) in [5.74, 6) is 0.658. The zero-order valence-corrected chi connectivity index (χ0v) is 16.0. The minimum absolute atomic E-state index is 0. The SMILES string of the molecule is Cl.N#Cc1ccc2c(ccn2CC2CCN(Cc3cccc(Cl)c3)C2)c1. The average Bonchev–Trinajstić information content (AvgIpc) is 3.22. The summed E-state index contributed by atoms with van der Waals surface area (Å²) in [5, 5.41) is 11.0. The monoisotopic (exact) mass is 385 g/mol. The van der Waals surface area contributed by atoms with Gasteiger partial charge in [0.15, 0.2) is 0 Å². The number of hydrogen-bond acceptors (Lipinski definition) is 2. The van der Waals surface area contributed by atoms with Crippen molar-refractivity contribution in [2.24, 2.45) is 5.92 Å². The fourth-order valence-corrected chi connectivity index (χ4v) is 4.02. The van der Waals surface area contributed by atoms with Gasteiger partial charge >= 0.3 is 0 Å². The van der Waals surface area contributed by atoms with Crippen LogP contribution in [0.5, 0.6) is 0 Å². The molecule has 3 nitrogen and oxygen atoms in total. The third kappa shape index (κ3) is 4.04. The second-order valence-corrected chi connectivity index (χ2v) is 7.31. The molecule has 5 heteroatoms. The minimum atomic E-state index is 0. The lowest BCUT2D eigenvalue weighted by atomic mass is 10.1. The standard InChI is InChI=1S/C21H20ClN3.ClH/c22-20-3-1-2-17(11-20)13-24-8-6-18(14-24)15-25-9-7-19-10-16(12-23)4-5-21(19)25;/h1-5,7,9-11,18H,6,8,13-15H2;1H. The van der Waals surface area contributed by atoms with Crippen LogP contribution in [0.1, 0.15) is 17.5 Å². The normalized spacial score (nSPS) is 17.2. The van der Waals surface area contributed by atoms with E-state index in [4.69, 9.17) is 16.9 Å². The van der Waals surface area contributed by atoms with Crippen molar-refractivity contribution in [3.05, 3.63) is 70.9 Å². The van der Waals surface area contributed by atoms with Gasteiger partial charge in [-0.25, -0.2) is 0 Å². The number of fused-ring (bicyclic) bond motifs is 1. The first kappa shape index (κ1) is 18.8. The molecule has 1 aliphatic rings. The molecule has 1 fully saturated rings. The van der Waals surface area contributed by atoms with Crippen LogP contribution in [0.15, 0.2) is 54.7 Å². The fraction of sp³-hybridized carbons (Fsp3) is 0.286. The molecule has 0 spiro atoms. The van der Waals surface area contributed by atoms with Crippen molar-refractivity contribution in [3.63, 3.8) is 0 Å². The summed E-state index contributed by atoms with van der Waals surface area (Å²) in [5.41, 5.74) is 3.22. The highest BCUT2D eigenvalue weighted by Gasteiger charge is 2.23. The van der Waals surface area contributed by atoms with Crippen LogP contribution < -0.4 is 0 Å². The van der Waals surface area contributed by atoms with Gasteiger partial charge in [0.2, 0.25) is 0 Å². The Bertz CT molecular complexity index is 942. The third-order valence-corrected chi connectivity index (χ3v) is 5.26. The van der Waals surface area contributed by atoms with E-state index in [1.165, 1.54) is 17.5 Å². The Balaban J connectivity index is 0.00000196. The lowest BCUT2D eigenvalue weighted by molar-refractivity contribution is 0.310. The van der Waals surface area contributed by atoms with Gasteiger partial charge in [0.1, 0.15) is 0 Å². The van der Waals surface area contributed by atoms with Crippen molar-refractivity contribution in [1.29, 1.82) is 5.26 Å². The number of likely N-dealkylation sites (tertiary alicyclic amines) is 1. The largest absolute Gasteiger partial charge is 0.347 e. The molecule has 2 aromatic carbocycles. The summed E-state index contributed by atoms with van der Waals surface area (Å²) in [6.45, 7) is 4.24. The highest BCUT2D eigenvalue weighted by Crippen LogP contribution is 2.24. The van der Waals surface area contributed by atoms with E-state index in [2.05, 4.69) is 46.0 Å². The zero-order chi connectivity index (χ0) is 17.2. The molecule has 2 heterocycles. The van der Waals surface area contributed by atoms with Crippen LogP contribution in [-0.2, 0) is 13.1 Å². The Morgan fingerprint density at radius 2 is 2.04 bits per heavy atom. The van der Waals surface area contributed by atoms with Gasteiger partial charge in [-0.2, -0.15) is 5.26 Å².